The predicted molar refractivity (Wildman–Crippen MR) is 129 cm³/mol. The standard InChI is InChI=1S/C26H29N3O4/c1-15-16(2)25(27-17(3)24(15)33-14-18-9-7-6-8-10-18)29-26(30)21-11-19-12-22(31-4)23(32-5)13-20(19)28-21/h6-10,12-13,21,28H,11,14H2,1-5H3,(H,27,29,30). The Labute approximate surface area is 194 Å². The number of rotatable bonds is 7. The molecule has 1 unspecified atom stereocenters. The van der Waals surface area contributed by atoms with Crippen molar-refractivity contribution in [1.29, 1.82) is 0 Å². The highest BCUT2D eigenvalue weighted by Crippen LogP contribution is 2.37. The highest BCUT2D eigenvalue weighted by Gasteiger charge is 2.29. The Morgan fingerprint density at radius 3 is 2.45 bits per heavy atom. The van der Waals surface area contributed by atoms with Gasteiger partial charge in [-0.15, -0.1) is 0 Å². The van der Waals surface area contributed by atoms with E-state index in [1.54, 1.807) is 14.2 Å². The van der Waals surface area contributed by atoms with E-state index in [2.05, 4.69) is 15.6 Å². The molecule has 4 rings (SSSR count). The number of ether oxygens (including phenoxy) is 3. The van der Waals surface area contributed by atoms with Gasteiger partial charge >= 0.3 is 0 Å². The summed E-state index contributed by atoms with van der Waals surface area (Å²) in [4.78, 5) is 17.7. The van der Waals surface area contributed by atoms with Gasteiger partial charge in [0.1, 0.15) is 24.2 Å². The second-order valence-corrected chi connectivity index (χ2v) is 8.15. The van der Waals surface area contributed by atoms with Crippen molar-refractivity contribution in [2.75, 3.05) is 24.9 Å². The lowest BCUT2D eigenvalue weighted by Gasteiger charge is -2.18. The van der Waals surface area contributed by atoms with Crippen molar-refractivity contribution in [1.82, 2.24) is 4.98 Å². The molecule has 0 aliphatic carbocycles. The minimum atomic E-state index is -0.410. The van der Waals surface area contributed by atoms with Gasteiger partial charge < -0.3 is 24.8 Å². The van der Waals surface area contributed by atoms with E-state index in [4.69, 9.17) is 14.2 Å². The third-order valence-corrected chi connectivity index (χ3v) is 6.01. The van der Waals surface area contributed by atoms with E-state index in [-0.39, 0.29) is 5.91 Å². The van der Waals surface area contributed by atoms with E-state index in [1.807, 2.05) is 63.2 Å². The first-order chi connectivity index (χ1) is 15.9. The van der Waals surface area contributed by atoms with Crippen LogP contribution in [-0.2, 0) is 17.8 Å². The third kappa shape index (κ3) is 4.58. The zero-order valence-corrected chi connectivity index (χ0v) is 19.6. The van der Waals surface area contributed by atoms with Crippen LogP contribution in [0.25, 0.3) is 0 Å². The van der Waals surface area contributed by atoms with E-state index in [9.17, 15) is 4.79 Å². The van der Waals surface area contributed by atoms with E-state index >= 15 is 0 Å². The Kier molecular flexibility index (Phi) is 6.40. The van der Waals surface area contributed by atoms with Crippen molar-refractivity contribution in [3.8, 4) is 17.2 Å². The number of nitrogens with zero attached hydrogens (tertiary/aromatic N) is 1. The van der Waals surface area contributed by atoms with Crippen LogP contribution in [0.4, 0.5) is 11.5 Å². The van der Waals surface area contributed by atoms with Gasteiger partial charge in [-0.1, -0.05) is 30.3 Å². The SMILES string of the molecule is COc1cc2c(cc1OC)NC(C(=O)Nc1nc(C)c(OCc3ccccc3)c(C)c1C)C2. The maximum atomic E-state index is 13.1. The molecule has 33 heavy (non-hydrogen) atoms. The summed E-state index contributed by atoms with van der Waals surface area (Å²) in [6.07, 6.45) is 0.552. The van der Waals surface area contributed by atoms with E-state index in [1.165, 1.54) is 0 Å². The third-order valence-electron chi connectivity index (χ3n) is 6.01. The Balaban J connectivity index is 1.48. The molecule has 1 atom stereocenters. The molecule has 1 aliphatic heterocycles. The molecule has 2 N–H and O–H groups in total. The number of anilines is 2. The van der Waals surface area contributed by atoms with Crippen LogP contribution in [-0.4, -0.2) is 31.2 Å². The number of carbonyl (C=O) groups is 1. The lowest BCUT2D eigenvalue weighted by molar-refractivity contribution is -0.116. The number of carbonyl (C=O) groups excluding carboxylic acids is 1. The number of nitrogens with one attached hydrogen (secondary N) is 2. The molecular weight excluding hydrogens is 418 g/mol. The number of hydrogen-bond donors (Lipinski definition) is 2. The molecule has 0 saturated carbocycles. The Morgan fingerprint density at radius 1 is 1.06 bits per heavy atom. The normalized spacial score (nSPS) is 14.3. The van der Waals surface area contributed by atoms with Crippen LogP contribution in [0.15, 0.2) is 42.5 Å². The quantitative estimate of drug-likeness (QED) is 0.552. The van der Waals surface area contributed by atoms with Gasteiger partial charge in [0.05, 0.1) is 19.9 Å². The molecule has 1 aromatic heterocycles. The van der Waals surface area contributed by atoms with Gasteiger partial charge in [-0.05, 0) is 49.1 Å². The van der Waals surface area contributed by atoms with Crippen LogP contribution in [0.2, 0.25) is 0 Å². The summed E-state index contributed by atoms with van der Waals surface area (Å²) in [6.45, 7) is 6.29. The molecule has 7 heteroatoms. The topological polar surface area (TPSA) is 81.7 Å². The van der Waals surface area contributed by atoms with Crippen LogP contribution >= 0.6 is 0 Å². The highest BCUT2D eigenvalue weighted by atomic mass is 16.5. The molecular formula is C26H29N3O4. The molecule has 2 heterocycles. The van der Waals surface area contributed by atoms with Crippen molar-refractivity contribution in [3.05, 3.63) is 70.4 Å². The number of fused-ring (bicyclic) bond motifs is 1. The fourth-order valence-electron chi connectivity index (χ4n) is 4.03. The molecule has 0 fully saturated rings. The van der Waals surface area contributed by atoms with Gasteiger partial charge in [-0.2, -0.15) is 0 Å². The fourth-order valence-corrected chi connectivity index (χ4v) is 4.03. The van der Waals surface area contributed by atoms with Crippen LogP contribution in [0.3, 0.4) is 0 Å². The van der Waals surface area contributed by atoms with Crippen molar-refractivity contribution >= 4 is 17.4 Å². The number of amides is 1. The molecule has 3 aromatic rings. The molecule has 0 radical (unpaired) electrons. The summed E-state index contributed by atoms with van der Waals surface area (Å²) in [7, 11) is 3.19. The molecule has 1 aliphatic rings. The van der Waals surface area contributed by atoms with E-state index < -0.39 is 6.04 Å². The fraction of sp³-hybridized carbons (Fsp3) is 0.308. The highest BCUT2D eigenvalue weighted by molar-refractivity contribution is 5.98. The minimum absolute atomic E-state index is 0.142. The van der Waals surface area contributed by atoms with Gasteiger partial charge in [0, 0.05) is 18.2 Å². The smallest absolute Gasteiger partial charge is 0.248 e. The maximum Gasteiger partial charge on any atom is 0.248 e. The molecule has 1 amide bonds. The number of pyridine rings is 1. The lowest BCUT2D eigenvalue weighted by atomic mass is 10.1. The first-order valence-corrected chi connectivity index (χ1v) is 10.9. The first-order valence-electron chi connectivity index (χ1n) is 10.9. The second-order valence-electron chi connectivity index (χ2n) is 8.15. The Bertz CT molecular complexity index is 1150. The number of aryl methyl sites for hydroxylation is 1. The molecule has 2 aromatic carbocycles. The summed E-state index contributed by atoms with van der Waals surface area (Å²) in [6, 6.07) is 13.4. The predicted octanol–water partition coefficient (Wildman–Crippen LogP) is 4.58. The monoisotopic (exact) mass is 447 g/mol. The summed E-state index contributed by atoms with van der Waals surface area (Å²) >= 11 is 0. The average molecular weight is 448 g/mol. The number of benzene rings is 2. The van der Waals surface area contributed by atoms with E-state index in [0.717, 1.165) is 39.4 Å². The molecule has 0 bridgehead atoms. The minimum Gasteiger partial charge on any atom is -0.493 e. The number of hydrogen-bond acceptors (Lipinski definition) is 6. The first kappa shape index (κ1) is 22.5. The second kappa shape index (κ2) is 9.40. The molecule has 0 spiro atoms. The van der Waals surface area contributed by atoms with Gasteiger partial charge in [-0.3, -0.25) is 4.79 Å². The molecule has 7 nitrogen and oxygen atoms in total. The summed E-state index contributed by atoms with van der Waals surface area (Å²) < 4.78 is 16.8. The van der Waals surface area contributed by atoms with Crippen molar-refractivity contribution in [2.24, 2.45) is 0 Å². The number of methoxy groups -OCH3 is 2. The Morgan fingerprint density at radius 2 is 1.76 bits per heavy atom. The van der Waals surface area contributed by atoms with E-state index in [0.29, 0.717) is 30.3 Å². The summed E-state index contributed by atoms with van der Waals surface area (Å²) in [5, 5.41) is 6.28. The van der Waals surface area contributed by atoms with Gasteiger partial charge in [-0.25, -0.2) is 4.98 Å². The molecule has 172 valence electrons. The zero-order chi connectivity index (χ0) is 23.5. The van der Waals surface area contributed by atoms with Crippen molar-refractivity contribution < 1.29 is 19.0 Å². The summed E-state index contributed by atoms with van der Waals surface area (Å²) in [5.41, 5.74) is 5.55. The Hall–Kier alpha value is -3.74. The molecule has 0 saturated heterocycles. The van der Waals surface area contributed by atoms with Crippen LogP contribution in [0.5, 0.6) is 17.2 Å². The van der Waals surface area contributed by atoms with Gasteiger partial charge in [0.15, 0.2) is 11.5 Å². The average Bonchev–Trinajstić information content (AvgIpc) is 3.25. The van der Waals surface area contributed by atoms with Crippen molar-refractivity contribution in [3.63, 3.8) is 0 Å². The van der Waals surface area contributed by atoms with Crippen LogP contribution in [0.1, 0.15) is 27.9 Å². The number of aromatic nitrogens is 1. The largest absolute Gasteiger partial charge is 0.493 e. The van der Waals surface area contributed by atoms with Gasteiger partial charge in [0.2, 0.25) is 5.91 Å². The van der Waals surface area contributed by atoms with Gasteiger partial charge in [0.25, 0.3) is 0 Å². The van der Waals surface area contributed by atoms with Crippen molar-refractivity contribution in [2.45, 2.75) is 39.8 Å². The summed E-state index contributed by atoms with van der Waals surface area (Å²) in [5.74, 6) is 2.43. The van der Waals surface area contributed by atoms with Crippen LogP contribution in [0, 0.1) is 20.8 Å². The van der Waals surface area contributed by atoms with Crippen LogP contribution < -0.4 is 24.8 Å². The lowest BCUT2D eigenvalue weighted by Crippen LogP contribution is -2.33. The zero-order valence-electron chi connectivity index (χ0n) is 19.6. The maximum absolute atomic E-state index is 13.1.